The zero-order chi connectivity index (χ0) is 16.2. The highest BCUT2D eigenvalue weighted by molar-refractivity contribution is 5.51. The molecule has 1 aromatic carbocycles. The van der Waals surface area contributed by atoms with E-state index in [1.54, 1.807) is 0 Å². The third kappa shape index (κ3) is 2.19. The molecule has 0 amide bonds. The summed E-state index contributed by atoms with van der Waals surface area (Å²) < 4.78 is 58.5. The molecule has 1 aliphatic rings. The molecule has 1 aliphatic carbocycles. The number of rotatable bonds is 1. The van der Waals surface area contributed by atoms with Crippen LogP contribution in [0.2, 0.25) is 0 Å². The highest BCUT2D eigenvalue weighted by Crippen LogP contribution is 2.54. The van der Waals surface area contributed by atoms with Crippen LogP contribution < -0.4 is 10.5 Å². The van der Waals surface area contributed by atoms with Gasteiger partial charge in [-0.1, -0.05) is 19.9 Å². The number of fused-ring (bicyclic) bond motifs is 1. The fraction of sp³-hybridized carbons (Fsp3) is 0.571. The molecule has 0 spiro atoms. The molecule has 2 atom stereocenters. The van der Waals surface area contributed by atoms with Crippen LogP contribution in [0.15, 0.2) is 12.1 Å². The van der Waals surface area contributed by atoms with E-state index in [-0.39, 0.29) is 16.9 Å². The van der Waals surface area contributed by atoms with Crippen LogP contribution in [0.4, 0.5) is 17.6 Å². The molecule has 118 valence electrons. The van der Waals surface area contributed by atoms with Crippen LogP contribution in [0.1, 0.15) is 37.4 Å². The summed E-state index contributed by atoms with van der Waals surface area (Å²) in [5.74, 6) is -0.800. The number of hydrogen-bond donors (Lipinski definition) is 2. The van der Waals surface area contributed by atoms with E-state index in [2.05, 4.69) is 0 Å². The lowest BCUT2D eigenvalue weighted by atomic mass is 9.63. The van der Waals surface area contributed by atoms with E-state index in [1.807, 2.05) is 0 Å². The lowest BCUT2D eigenvalue weighted by Crippen LogP contribution is -2.59. The fourth-order valence-electron chi connectivity index (χ4n) is 3.14. The minimum absolute atomic E-state index is 0.0457. The largest absolute Gasteiger partial charge is 0.493 e. The summed E-state index contributed by atoms with van der Waals surface area (Å²) in [5, 5.41) is 10.1. The van der Waals surface area contributed by atoms with Crippen LogP contribution in [0, 0.1) is 5.82 Å². The van der Waals surface area contributed by atoms with Gasteiger partial charge in [-0.15, -0.1) is 0 Å². The highest BCUT2D eigenvalue weighted by atomic mass is 19.4. The molecular weight excluding hydrogens is 290 g/mol. The maximum absolute atomic E-state index is 13.8. The lowest BCUT2D eigenvalue weighted by molar-refractivity contribution is -0.278. The molecule has 0 radical (unpaired) electrons. The molecule has 0 aromatic heterocycles. The fourth-order valence-corrected chi connectivity index (χ4v) is 3.14. The Morgan fingerprint density at radius 1 is 1.33 bits per heavy atom. The van der Waals surface area contributed by atoms with E-state index in [4.69, 9.17) is 10.5 Å². The van der Waals surface area contributed by atoms with Gasteiger partial charge in [0.05, 0.1) is 13.2 Å². The van der Waals surface area contributed by atoms with Crippen molar-refractivity contribution in [2.45, 2.75) is 43.5 Å². The van der Waals surface area contributed by atoms with Gasteiger partial charge in [0.15, 0.2) is 17.2 Å². The van der Waals surface area contributed by atoms with Gasteiger partial charge < -0.3 is 15.6 Å². The molecule has 0 bridgehead atoms. The number of benzene rings is 1. The van der Waals surface area contributed by atoms with Crippen molar-refractivity contribution in [1.82, 2.24) is 0 Å². The van der Waals surface area contributed by atoms with E-state index in [1.165, 1.54) is 27.0 Å². The highest BCUT2D eigenvalue weighted by Gasteiger charge is 2.63. The summed E-state index contributed by atoms with van der Waals surface area (Å²) in [7, 11) is 1.24. The predicted molar refractivity (Wildman–Crippen MR) is 68.5 cm³/mol. The van der Waals surface area contributed by atoms with Crippen LogP contribution in [0.3, 0.4) is 0 Å². The van der Waals surface area contributed by atoms with Gasteiger partial charge in [-0.05, 0) is 23.5 Å². The summed E-state index contributed by atoms with van der Waals surface area (Å²) in [5.41, 5.74) is 1.76. The van der Waals surface area contributed by atoms with Gasteiger partial charge in [-0.3, -0.25) is 0 Å². The molecule has 2 rings (SSSR count). The topological polar surface area (TPSA) is 55.5 Å². The third-order valence-electron chi connectivity index (χ3n) is 4.07. The Hall–Kier alpha value is -1.34. The van der Waals surface area contributed by atoms with Crippen LogP contribution >= 0.6 is 0 Å². The van der Waals surface area contributed by atoms with Gasteiger partial charge >= 0.3 is 6.18 Å². The molecule has 0 saturated heterocycles. The van der Waals surface area contributed by atoms with Crippen molar-refractivity contribution < 1.29 is 27.4 Å². The second-order valence-electron chi connectivity index (χ2n) is 6.01. The van der Waals surface area contributed by atoms with Gasteiger partial charge in [-0.2, -0.15) is 13.2 Å². The Morgan fingerprint density at radius 3 is 2.38 bits per heavy atom. The van der Waals surface area contributed by atoms with Gasteiger partial charge in [-0.25, -0.2) is 4.39 Å². The minimum atomic E-state index is -4.89. The van der Waals surface area contributed by atoms with E-state index < -0.39 is 35.5 Å². The second kappa shape index (κ2) is 4.58. The number of nitrogens with two attached hydrogens (primary N) is 1. The number of aliphatic hydroxyl groups is 1. The minimum Gasteiger partial charge on any atom is -0.493 e. The Bertz CT molecular complexity index is 571. The molecule has 3 nitrogen and oxygen atoms in total. The van der Waals surface area contributed by atoms with Crippen LogP contribution in [-0.2, 0) is 5.41 Å². The van der Waals surface area contributed by atoms with E-state index in [0.717, 1.165) is 6.07 Å². The Labute approximate surface area is 119 Å². The first-order valence-corrected chi connectivity index (χ1v) is 6.37. The molecule has 0 heterocycles. The lowest BCUT2D eigenvalue weighted by Gasteiger charge is -2.47. The molecule has 1 aromatic rings. The number of ether oxygens (including phenoxy) is 1. The molecule has 0 aliphatic heterocycles. The van der Waals surface area contributed by atoms with E-state index >= 15 is 0 Å². The molecule has 0 fully saturated rings. The molecule has 3 N–H and O–H groups in total. The van der Waals surface area contributed by atoms with Gasteiger partial charge in [0.2, 0.25) is 0 Å². The first kappa shape index (κ1) is 16.0. The van der Waals surface area contributed by atoms with E-state index in [9.17, 15) is 22.7 Å². The maximum atomic E-state index is 13.8. The number of hydrogen-bond acceptors (Lipinski definition) is 3. The van der Waals surface area contributed by atoms with Crippen LogP contribution in [0.5, 0.6) is 5.75 Å². The van der Waals surface area contributed by atoms with Crippen molar-refractivity contribution in [3.05, 3.63) is 29.1 Å². The Balaban J connectivity index is 2.74. The normalized spacial score (nSPS) is 28.1. The van der Waals surface area contributed by atoms with Crippen molar-refractivity contribution in [3.63, 3.8) is 0 Å². The monoisotopic (exact) mass is 307 g/mol. The SMILES string of the molecule is COc1c(F)ccc2c1C(C)(C)C[C@](O)(C(F)(F)F)[C@@H]2N. The van der Waals surface area contributed by atoms with E-state index in [0.29, 0.717) is 0 Å². The summed E-state index contributed by atoms with van der Waals surface area (Å²) in [6, 6.07) is 0.473. The van der Waals surface area contributed by atoms with Gasteiger partial charge in [0, 0.05) is 5.56 Å². The third-order valence-corrected chi connectivity index (χ3v) is 4.07. The summed E-state index contributed by atoms with van der Waals surface area (Å²) in [6.45, 7) is 2.99. The Morgan fingerprint density at radius 2 is 1.90 bits per heavy atom. The van der Waals surface area contributed by atoms with Crippen molar-refractivity contribution >= 4 is 0 Å². The number of methoxy groups -OCH3 is 1. The van der Waals surface area contributed by atoms with Crippen molar-refractivity contribution in [3.8, 4) is 5.75 Å². The number of halogens is 4. The summed E-state index contributed by atoms with van der Waals surface area (Å²) >= 11 is 0. The van der Waals surface area contributed by atoms with Gasteiger partial charge in [0.25, 0.3) is 0 Å². The van der Waals surface area contributed by atoms with Crippen molar-refractivity contribution in [2.75, 3.05) is 7.11 Å². The smallest absolute Gasteiger partial charge is 0.419 e. The molecular formula is C14H17F4NO2. The molecule has 0 unspecified atom stereocenters. The van der Waals surface area contributed by atoms with Crippen molar-refractivity contribution in [1.29, 1.82) is 0 Å². The zero-order valence-corrected chi connectivity index (χ0v) is 11.9. The van der Waals surface area contributed by atoms with Crippen LogP contribution in [0.25, 0.3) is 0 Å². The summed E-state index contributed by atoms with van der Waals surface area (Å²) in [6.07, 6.45) is -5.56. The molecule has 0 saturated carbocycles. The number of alkyl halides is 3. The Kier molecular flexibility index (Phi) is 3.50. The molecule has 21 heavy (non-hydrogen) atoms. The van der Waals surface area contributed by atoms with Gasteiger partial charge in [0.1, 0.15) is 0 Å². The maximum Gasteiger partial charge on any atom is 0.419 e. The average Bonchev–Trinajstić information content (AvgIpc) is 2.34. The quantitative estimate of drug-likeness (QED) is 0.785. The average molecular weight is 307 g/mol. The second-order valence-corrected chi connectivity index (χ2v) is 6.01. The first-order valence-electron chi connectivity index (χ1n) is 6.37. The first-order chi connectivity index (χ1) is 9.45. The van der Waals surface area contributed by atoms with Crippen molar-refractivity contribution in [2.24, 2.45) is 5.73 Å². The standard InChI is InChI=1S/C14H17F4NO2/c1-12(2)6-13(20,14(16,17)18)11(19)7-4-5-8(15)10(21-3)9(7)12/h4-5,11,20H,6,19H2,1-3H3/t11-,13-/m1/s1. The predicted octanol–water partition coefficient (Wildman–Crippen LogP) is 2.81. The summed E-state index contributed by atoms with van der Waals surface area (Å²) in [4.78, 5) is 0. The molecule has 7 heteroatoms. The van der Waals surface area contributed by atoms with Crippen LogP contribution in [-0.4, -0.2) is 24.0 Å². The zero-order valence-electron chi connectivity index (χ0n) is 11.9.